The Kier molecular flexibility index (Phi) is 5.72. The Hall–Kier alpha value is -4.21. The summed E-state index contributed by atoms with van der Waals surface area (Å²) in [4.78, 5) is 16.0. The third-order valence-electron chi connectivity index (χ3n) is 6.40. The molecule has 0 atom stereocenters. The highest BCUT2D eigenvalue weighted by Crippen LogP contribution is 2.30. The van der Waals surface area contributed by atoms with E-state index in [4.69, 9.17) is 5.11 Å². The van der Waals surface area contributed by atoms with Crippen molar-refractivity contribution in [1.29, 1.82) is 0 Å². The van der Waals surface area contributed by atoms with Gasteiger partial charge in [-0.2, -0.15) is 0 Å². The second-order valence-electron chi connectivity index (χ2n) is 8.62. The Balaban J connectivity index is 1.30. The molecule has 2 aromatic carbocycles. The molecule has 0 bridgehead atoms. The van der Waals surface area contributed by atoms with Crippen LogP contribution in [0.25, 0.3) is 28.3 Å². The molecule has 2 aliphatic heterocycles. The number of H-pyrrole nitrogens is 1. The van der Waals surface area contributed by atoms with E-state index in [0.717, 1.165) is 11.4 Å². The summed E-state index contributed by atoms with van der Waals surface area (Å²) in [5.74, 6) is -0.161. The summed E-state index contributed by atoms with van der Waals surface area (Å²) >= 11 is 0. The zero-order valence-corrected chi connectivity index (χ0v) is 18.6. The average Bonchev–Trinajstić information content (AvgIpc) is 3.35. The minimum absolute atomic E-state index is 0.0688. The Morgan fingerprint density at radius 2 is 1.69 bits per heavy atom. The van der Waals surface area contributed by atoms with Crippen LogP contribution in [0.2, 0.25) is 0 Å². The van der Waals surface area contributed by atoms with Gasteiger partial charge in [-0.15, -0.1) is 10.2 Å². The number of allylic oxidation sites excluding steroid dienone is 2. The number of carbonyl (C=O) groups is 1. The predicted octanol–water partition coefficient (Wildman–Crippen LogP) is 3.70. The fourth-order valence-corrected chi connectivity index (χ4v) is 4.25. The van der Waals surface area contributed by atoms with Gasteiger partial charge in [-0.25, -0.2) is 13.6 Å². The molecule has 4 N–H and O–H groups in total. The topological polar surface area (TPSA) is 114 Å². The molecular weight excluding hydrogens is 456 g/mol. The van der Waals surface area contributed by atoms with Gasteiger partial charge < -0.3 is 25.4 Å². The number of aromatic hydroxyl groups is 1. The third kappa shape index (κ3) is 4.46. The first-order chi connectivity index (χ1) is 16.8. The van der Waals surface area contributed by atoms with Crippen molar-refractivity contribution in [2.24, 2.45) is 0 Å². The van der Waals surface area contributed by atoms with Crippen LogP contribution in [0.5, 0.6) is 5.75 Å². The summed E-state index contributed by atoms with van der Waals surface area (Å²) in [5.41, 5.74) is 0.422. The Morgan fingerprint density at radius 3 is 2.31 bits per heavy atom. The minimum Gasteiger partial charge on any atom is -0.508 e. The van der Waals surface area contributed by atoms with Crippen molar-refractivity contribution in [1.82, 2.24) is 25.4 Å². The van der Waals surface area contributed by atoms with Gasteiger partial charge in [-0.1, -0.05) is 12.1 Å². The van der Waals surface area contributed by atoms with Crippen molar-refractivity contribution in [3.05, 3.63) is 71.8 Å². The number of dihydropyridines is 1. The zero-order chi connectivity index (χ0) is 24.6. The van der Waals surface area contributed by atoms with E-state index in [1.54, 1.807) is 24.3 Å². The maximum Gasteiger partial charge on any atom is 0.341 e. The molecule has 0 radical (unpaired) electrons. The number of aromatic amines is 1. The van der Waals surface area contributed by atoms with Crippen LogP contribution in [-0.4, -0.2) is 61.6 Å². The number of phenolic OH excluding ortho intramolecular Hbond substituents is 1. The summed E-state index contributed by atoms with van der Waals surface area (Å²) < 4.78 is 29.3. The number of piperidine rings is 1. The fourth-order valence-electron chi connectivity index (χ4n) is 4.25. The molecule has 0 unspecified atom stereocenters. The number of hydrogen-bond donors (Lipinski definition) is 4. The average molecular weight is 479 g/mol. The summed E-state index contributed by atoms with van der Waals surface area (Å²) in [6.07, 6.45) is 3.59. The number of likely N-dealkylation sites (tertiary alicyclic amines) is 1. The minimum atomic E-state index is -2.17. The van der Waals surface area contributed by atoms with Crippen LogP contribution in [0.1, 0.15) is 18.4 Å². The maximum absolute atomic E-state index is 15.0. The molecule has 0 saturated carbocycles. The molecule has 5 rings (SSSR count). The van der Waals surface area contributed by atoms with E-state index in [-0.39, 0.29) is 24.2 Å². The van der Waals surface area contributed by atoms with Crippen LogP contribution in [0, 0.1) is 5.82 Å². The molecule has 1 saturated heterocycles. The summed E-state index contributed by atoms with van der Waals surface area (Å²) in [7, 11) is 0. The second-order valence-corrected chi connectivity index (χ2v) is 8.62. The molecular formula is C25H23F2N5O3. The van der Waals surface area contributed by atoms with Crippen LogP contribution >= 0.6 is 0 Å². The highest BCUT2D eigenvalue weighted by atomic mass is 19.1. The number of halogens is 2. The number of aliphatic carboxylic acids is 1. The molecule has 3 aromatic rings. The van der Waals surface area contributed by atoms with E-state index < -0.39 is 17.5 Å². The lowest BCUT2D eigenvalue weighted by molar-refractivity contribution is -0.153. The van der Waals surface area contributed by atoms with Gasteiger partial charge in [-0.05, 0) is 53.6 Å². The van der Waals surface area contributed by atoms with Crippen LogP contribution in [0.3, 0.4) is 0 Å². The summed E-state index contributed by atoms with van der Waals surface area (Å²) in [6.45, 7) is 1.06. The number of hydrogen-bond acceptors (Lipinski definition) is 6. The third-order valence-corrected chi connectivity index (χ3v) is 6.40. The van der Waals surface area contributed by atoms with Gasteiger partial charge >= 0.3 is 5.97 Å². The standard InChI is InChI=1S/C25H23F2N5O3/c26-20-13-16(3-7-19(20)23-29-22(30-31-23)15-1-5-18(33)6-2-15)17-4-8-21(28-14-17)32-11-9-25(27,10-12-32)24(34)35/h1-8,13,28,33H,9-12,14H2,(H,34,35)(H,29,30,31). The molecule has 1 fully saturated rings. The smallest absolute Gasteiger partial charge is 0.341 e. The van der Waals surface area contributed by atoms with Crippen molar-refractivity contribution in [2.45, 2.75) is 18.5 Å². The fraction of sp³-hybridized carbons (Fsp3) is 0.240. The number of carboxylic acids is 1. The molecule has 10 heteroatoms. The number of alkyl halides is 1. The predicted molar refractivity (Wildman–Crippen MR) is 125 cm³/mol. The van der Waals surface area contributed by atoms with Crippen molar-refractivity contribution in [3.63, 3.8) is 0 Å². The lowest BCUT2D eigenvalue weighted by Crippen LogP contribution is -2.48. The van der Waals surface area contributed by atoms with Crippen molar-refractivity contribution in [3.8, 4) is 28.5 Å². The van der Waals surface area contributed by atoms with Crippen LogP contribution < -0.4 is 5.32 Å². The van der Waals surface area contributed by atoms with Crippen LogP contribution in [0.15, 0.2) is 60.4 Å². The Bertz CT molecular complexity index is 1330. The number of nitrogens with zero attached hydrogens (tertiary/aromatic N) is 3. The quantitative estimate of drug-likeness (QED) is 0.441. The molecule has 8 nitrogen and oxygen atoms in total. The van der Waals surface area contributed by atoms with Gasteiger partial charge in [0.15, 0.2) is 11.6 Å². The molecule has 3 heterocycles. The number of benzene rings is 2. The van der Waals surface area contributed by atoms with Gasteiger partial charge in [0.2, 0.25) is 5.67 Å². The molecule has 35 heavy (non-hydrogen) atoms. The van der Waals surface area contributed by atoms with Gasteiger partial charge in [0, 0.05) is 38.0 Å². The van der Waals surface area contributed by atoms with Gasteiger partial charge in [0.1, 0.15) is 17.4 Å². The van der Waals surface area contributed by atoms with E-state index in [1.165, 1.54) is 18.2 Å². The van der Waals surface area contributed by atoms with Crippen molar-refractivity contribution in [2.75, 3.05) is 19.6 Å². The highest BCUT2D eigenvalue weighted by Gasteiger charge is 2.42. The number of aromatic nitrogens is 3. The Labute approximate surface area is 199 Å². The zero-order valence-electron chi connectivity index (χ0n) is 18.6. The van der Waals surface area contributed by atoms with E-state index in [9.17, 15) is 18.7 Å². The first-order valence-corrected chi connectivity index (χ1v) is 11.2. The van der Waals surface area contributed by atoms with E-state index in [0.29, 0.717) is 42.4 Å². The largest absolute Gasteiger partial charge is 0.508 e. The summed E-state index contributed by atoms with van der Waals surface area (Å²) in [5, 5.41) is 29.9. The Morgan fingerprint density at radius 1 is 1.00 bits per heavy atom. The number of phenols is 1. The normalized spacial score (nSPS) is 17.4. The lowest BCUT2D eigenvalue weighted by atomic mass is 9.93. The molecule has 0 aliphatic carbocycles. The summed E-state index contributed by atoms with van der Waals surface area (Å²) in [6, 6.07) is 11.3. The molecule has 1 aromatic heterocycles. The SMILES string of the molecule is O=C(O)C1(F)CCN(C2=CC=C(c3ccc(-c4nnc(-c5ccc(O)cc5)[nH]4)c(F)c3)CN2)CC1. The van der Waals surface area contributed by atoms with Crippen molar-refractivity contribution < 1.29 is 23.8 Å². The highest BCUT2D eigenvalue weighted by molar-refractivity contribution is 5.77. The number of rotatable bonds is 5. The molecule has 0 amide bonds. The lowest BCUT2D eigenvalue weighted by Gasteiger charge is -2.37. The molecule has 180 valence electrons. The van der Waals surface area contributed by atoms with Gasteiger partial charge in [0.25, 0.3) is 0 Å². The monoisotopic (exact) mass is 479 g/mol. The maximum atomic E-state index is 15.0. The number of carboxylic acid groups (broad SMARTS) is 1. The van der Waals surface area contributed by atoms with E-state index in [1.807, 2.05) is 17.1 Å². The van der Waals surface area contributed by atoms with Gasteiger partial charge in [0.05, 0.1) is 5.56 Å². The van der Waals surface area contributed by atoms with E-state index >= 15 is 0 Å². The first-order valence-electron chi connectivity index (χ1n) is 11.2. The number of nitrogens with one attached hydrogen (secondary N) is 2. The second kappa shape index (κ2) is 8.86. The van der Waals surface area contributed by atoms with Gasteiger partial charge in [-0.3, -0.25) is 0 Å². The van der Waals surface area contributed by atoms with Crippen LogP contribution in [0.4, 0.5) is 8.78 Å². The van der Waals surface area contributed by atoms with Crippen molar-refractivity contribution >= 4 is 11.5 Å². The van der Waals surface area contributed by atoms with Crippen LogP contribution in [-0.2, 0) is 4.79 Å². The first kappa shape index (κ1) is 22.6. The molecule has 2 aliphatic rings. The molecule has 0 spiro atoms. The van der Waals surface area contributed by atoms with E-state index in [2.05, 4.69) is 20.5 Å².